The second-order valence-electron chi connectivity index (χ2n) is 4.50. The van der Waals surface area contributed by atoms with Crippen LogP contribution >= 0.6 is 0 Å². The fourth-order valence-electron chi connectivity index (χ4n) is 1.80. The van der Waals surface area contributed by atoms with Crippen LogP contribution in [0.5, 0.6) is 0 Å². The molecule has 0 radical (unpaired) electrons. The highest BCUT2D eigenvalue weighted by molar-refractivity contribution is 6.05. The van der Waals surface area contributed by atoms with E-state index in [4.69, 9.17) is 18.9 Å². The Labute approximate surface area is 149 Å². The molecule has 0 bridgehead atoms. The minimum absolute atomic E-state index is 0.00283. The molecule has 1 aromatic rings. The summed E-state index contributed by atoms with van der Waals surface area (Å²) in [7, 11) is 0. The minimum Gasteiger partial charge on any atom is -0.461 e. The molecule has 0 aromatic carbocycles. The maximum atomic E-state index is 12.1. The standard InChI is InChI=1S/C16H20N2O8/c1-5-23-13(19)9-10(14(20)24-6-2)18-12(16(22)26-8-4)11(17-9)15(21)25-7-3/h5-8H2,1-4H3. The summed E-state index contributed by atoms with van der Waals surface area (Å²) in [4.78, 5) is 56.1. The molecule has 0 saturated carbocycles. The maximum absolute atomic E-state index is 12.1. The predicted molar refractivity (Wildman–Crippen MR) is 85.9 cm³/mol. The zero-order valence-corrected chi connectivity index (χ0v) is 15.0. The Morgan fingerprint density at radius 2 is 0.731 bits per heavy atom. The van der Waals surface area contributed by atoms with Crippen molar-refractivity contribution in [2.24, 2.45) is 0 Å². The molecule has 26 heavy (non-hydrogen) atoms. The Kier molecular flexibility index (Phi) is 8.13. The monoisotopic (exact) mass is 368 g/mol. The Hall–Kier alpha value is -3.04. The molecule has 1 heterocycles. The van der Waals surface area contributed by atoms with Gasteiger partial charge in [-0.15, -0.1) is 0 Å². The average molecular weight is 368 g/mol. The third-order valence-corrected chi connectivity index (χ3v) is 2.77. The molecule has 0 amide bonds. The number of carbonyl (C=O) groups excluding carboxylic acids is 4. The van der Waals surface area contributed by atoms with E-state index in [1.807, 2.05) is 0 Å². The van der Waals surface area contributed by atoms with Gasteiger partial charge in [0.1, 0.15) is 0 Å². The van der Waals surface area contributed by atoms with Crippen LogP contribution in [0.1, 0.15) is 69.6 Å². The predicted octanol–water partition coefficient (Wildman–Crippen LogP) is 1.18. The number of ether oxygens (including phenoxy) is 4. The van der Waals surface area contributed by atoms with Gasteiger partial charge in [-0.25, -0.2) is 29.1 Å². The summed E-state index contributed by atoms with van der Waals surface area (Å²) in [6.07, 6.45) is 0. The quantitative estimate of drug-likeness (QED) is 0.487. The molecule has 10 heteroatoms. The first-order valence-corrected chi connectivity index (χ1v) is 8.01. The molecule has 0 unspecified atom stereocenters. The van der Waals surface area contributed by atoms with Crippen molar-refractivity contribution in [3.05, 3.63) is 22.8 Å². The van der Waals surface area contributed by atoms with E-state index in [1.54, 1.807) is 27.7 Å². The van der Waals surface area contributed by atoms with Crippen LogP contribution in [0.3, 0.4) is 0 Å². The van der Waals surface area contributed by atoms with Crippen molar-refractivity contribution < 1.29 is 38.1 Å². The van der Waals surface area contributed by atoms with Crippen molar-refractivity contribution >= 4 is 23.9 Å². The van der Waals surface area contributed by atoms with Crippen molar-refractivity contribution in [1.82, 2.24) is 9.97 Å². The van der Waals surface area contributed by atoms with E-state index in [0.29, 0.717) is 0 Å². The normalized spacial score (nSPS) is 10.0. The summed E-state index contributed by atoms with van der Waals surface area (Å²) in [5, 5.41) is 0. The number of esters is 4. The summed E-state index contributed by atoms with van der Waals surface area (Å²) < 4.78 is 19.3. The second-order valence-corrected chi connectivity index (χ2v) is 4.50. The van der Waals surface area contributed by atoms with Crippen LogP contribution in [0.15, 0.2) is 0 Å². The van der Waals surface area contributed by atoms with Gasteiger partial charge < -0.3 is 18.9 Å². The first-order valence-electron chi connectivity index (χ1n) is 8.01. The summed E-state index contributed by atoms with van der Waals surface area (Å²) in [6.45, 7) is 6.19. The molecule has 0 N–H and O–H groups in total. The van der Waals surface area contributed by atoms with E-state index in [1.165, 1.54) is 0 Å². The highest BCUT2D eigenvalue weighted by Crippen LogP contribution is 2.15. The van der Waals surface area contributed by atoms with E-state index in [0.717, 1.165) is 0 Å². The van der Waals surface area contributed by atoms with E-state index >= 15 is 0 Å². The van der Waals surface area contributed by atoms with Gasteiger partial charge in [0, 0.05) is 0 Å². The van der Waals surface area contributed by atoms with Crippen LogP contribution in [-0.2, 0) is 18.9 Å². The van der Waals surface area contributed by atoms with E-state index in [9.17, 15) is 19.2 Å². The summed E-state index contributed by atoms with van der Waals surface area (Å²) in [5.74, 6) is -3.99. The van der Waals surface area contributed by atoms with Crippen molar-refractivity contribution in [2.45, 2.75) is 27.7 Å². The third-order valence-electron chi connectivity index (χ3n) is 2.77. The Morgan fingerprint density at radius 3 is 0.885 bits per heavy atom. The van der Waals surface area contributed by atoms with E-state index < -0.39 is 46.7 Å². The molecule has 0 spiro atoms. The SMILES string of the molecule is CCOC(=O)c1nc(C(=O)OCC)c(C(=O)OCC)nc1C(=O)OCC. The number of rotatable bonds is 8. The van der Waals surface area contributed by atoms with Crippen molar-refractivity contribution in [2.75, 3.05) is 26.4 Å². The van der Waals surface area contributed by atoms with E-state index in [-0.39, 0.29) is 26.4 Å². The van der Waals surface area contributed by atoms with Gasteiger partial charge in [0.05, 0.1) is 26.4 Å². The molecule has 0 fully saturated rings. The molecule has 1 rings (SSSR count). The highest BCUT2D eigenvalue weighted by atomic mass is 16.5. The molecular weight excluding hydrogens is 348 g/mol. The molecule has 10 nitrogen and oxygen atoms in total. The Bertz CT molecular complexity index is 587. The van der Waals surface area contributed by atoms with Gasteiger partial charge in [0.15, 0.2) is 22.8 Å². The molecule has 0 atom stereocenters. The number of aromatic nitrogens is 2. The Morgan fingerprint density at radius 1 is 0.538 bits per heavy atom. The number of hydrogen-bond donors (Lipinski definition) is 0. The number of nitrogens with zero attached hydrogens (tertiary/aromatic N) is 2. The van der Waals surface area contributed by atoms with Crippen LogP contribution in [0.2, 0.25) is 0 Å². The Balaban J connectivity index is 3.63. The number of carbonyl (C=O) groups is 4. The topological polar surface area (TPSA) is 131 Å². The molecule has 1 aromatic heterocycles. The molecule has 0 saturated heterocycles. The fourth-order valence-corrected chi connectivity index (χ4v) is 1.80. The van der Waals surface area contributed by atoms with Gasteiger partial charge in [-0.1, -0.05) is 0 Å². The lowest BCUT2D eigenvalue weighted by Crippen LogP contribution is -2.25. The summed E-state index contributed by atoms with van der Waals surface area (Å²) in [6, 6.07) is 0. The van der Waals surface area contributed by atoms with Crippen LogP contribution in [0.25, 0.3) is 0 Å². The maximum Gasteiger partial charge on any atom is 0.359 e. The van der Waals surface area contributed by atoms with Crippen molar-refractivity contribution in [1.29, 1.82) is 0 Å². The fraction of sp³-hybridized carbons (Fsp3) is 0.500. The second kappa shape index (κ2) is 10.1. The van der Waals surface area contributed by atoms with Crippen molar-refractivity contribution in [3.8, 4) is 0 Å². The zero-order valence-electron chi connectivity index (χ0n) is 15.0. The van der Waals surface area contributed by atoms with Gasteiger partial charge >= 0.3 is 23.9 Å². The van der Waals surface area contributed by atoms with Crippen molar-refractivity contribution in [3.63, 3.8) is 0 Å². The minimum atomic E-state index is -0.996. The lowest BCUT2D eigenvalue weighted by Gasteiger charge is -2.12. The van der Waals surface area contributed by atoms with E-state index in [2.05, 4.69) is 9.97 Å². The average Bonchev–Trinajstić information content (AvgIpc) is 2.61. The van der Waals surface area contributed by atoms with Gasteiger partial charge in [-0.3, -0.25) is 0 Å². The smallest absolute Gasteiger partial charge is 0.359 e. The van der Waals surface area contributed by atoms with Gasteiger partial charge in [0.2, 0.25) is 0 Å². The van der Waals surface area contributed by atoms with Crippen LogP contribution in [0, 0.1) is 0 Å². The lowest BCUT2D eigenvalue weighted by atomic mass is 10.2. The van der Waals surface area contributed by atoms with Gasteiger partial charge in [-0.2, -0.15) is 0 Å². The van der Waals surface area contributed by atoms with Gasteiger partial charge in [0.25, 0.3) is 0 Å². The first kappa shape index (κ1) is 21.0. The largest absolute Gasteiger partial charge is 0.461 e. The molecule has 142 valence electrons. The third kappa shape index (κ3) is 4.98. The highest BCUT2D eigenvalue weighted by Gasteiger charge is 2.31. The zero-order chi connectivity index (χ0) is 19.7. The van der Waals surface area contributed by atoms with Crippen LogP contribution in [-0.4, -0.2) is 60.3 Å². The van der Waals surface area contributed by atoms with Gasteiger partial charge in [-0.05, 0) is 27.7 Å². The molecule has 0 aliphatic rings. The van der Waals surface area contributed by atoms with Crippen LogP contribution < -0.4 is 0 Å². The summed E-state index contributed by atoms with van der Waals surface area (Å²) in [5.41, 5.74) is -2.22. The summed E-state index contributed by atoms with van der Waals surface area (Å²) >= 11 is 0. The molecular formula is C16H20N2O8. The molecule has 0 aliphatic carbocycles. The first-order chi connectivity index (χ1) is 12.4. The number of hydrogen-bond acceptors (Lipinski definition) is 10. The van der Waals surface area contributed by atoms with Crippen LogP contribution in [0.4, 0.5) is 0 Å². The molecule has 0 aliphatic heterocycles. The lowest BCUT2D eigenvalue weighted by molar-refractivity contribution is 0.0440.